The number of aromatic carboxylic acids is 1. The summed E-state index contributed by atoms with van der Waals surface area (Å²) in [6.45, 7) is 4.67. The SMILES string of the molecule is O=C(O)c1cc(-c2c[nH]c3ccc(Br)cc23)nc2ccc(C#CCN3CCNCC3)cc12. The summed E-state index contributed by atoms with van der Waals surface area (Å²) in [5.74, 6) is 5.41. The van der Waals surface area contributed by atoms with Crippen molar-refractivity contribution >= 4 is 43.7 Å². The molecule has 0 aliphatic carbocycles. The molecule has 0 unspecified atom stereocenters. The van der Waals surface area contributed by atoms with Crippen LogP contribution in [0.1, 0.15) is 15.9 Å². The van der Waals surface area contributed by atoms with E-state index < -0.39 is 5.97 Å². The Bertz CT molecular complexity index is 1390. The molecule has 0 saturated carbocycles. The average molecular weight is 489 g/mol. The number of nitrogens with one attached hydrogen (secondary N) is 2. The fourth-order valence-electron chi connectivity index (χ4n) is 4.05. The Morgan fingerprint density at radius 2 is 1.97 bits per heavy atom. The van der Waals surface area contributed by atoms with Gasteiger partial charge in [0.25, 0.3) is 0 Å². The molecule has 32 heavy (non-hydrogen) atoms. The van der Waals surface area contributed by atoms with Crippen molar-refractivity contribution in [3.63, 3.8) is 0 Å². The number of hydrogen-bond acceptors (Lipinski definition) is 4. The summed E-state index contributed by atoms with van der Waals surface area (Å²) in [5.41, 5.74) is 4.11. The van der Waals surface area contributed by atoms with Crippen molar-refractivity contribution in [2.45, 2.75) is 0 Å². The van der Waals surface area contributed by atoms with Crippen molar-refractivity contribution < 1.29 is 9.90 Å². The fourth-order valence-corrected chi connectivity index (χ4v) is 4.41. The Hall–Kier alpha value is -3.18. The molecule has 0 spiro atoms. The van der Waals surface area contributed by atoms with Crippen molar-refractivity contribution in [3.8, 4) is 23.1 Å². The maximum Gasteiger partial charge on any atom is 0.336 e. The van der Waals surface area contributed by atoms with E-state index in [1.54, 1.807) is 6.07 Å². The highest BCUT2D eigenvalue weighted by Gasteiger charge is 2.16. The van der Waals surface area contributed by atoms with Crippen LogP contribution in [0.5, 0.6) is 0 Å². The highest BCUT2D eigenvalue weighted by Crippen LogP contribution is 2.32. The molecule has 5 rings (SSSR count). The summed E-state index contributed by atoms with van der Waals surface area (Å²) < 4.78 is 0.953. The van der Waals surface area contributed by atoms with Gasteiger partial charge in [-0.1, -0.05) is 27.8 Å². The first kappa shape index (κ1) is 20.7. The number of rotatable bonds is 3. The molecule has 0 radical (unpaired) electrons. The number of aromatic nitrogens is 2. The minimum absolute atomic E-state index is 0.222. The lowest BCUT2D eigenvalue weighted by molar-refractivity contribution is 0.0699. The number of carbonyl (C=O) groups is 1. The number of hydrogen-bond donors (Lipinski definition) is 3. The van der Waals surface area contributed by atoms with E-state index in [0.29, 0.717) is 23.1 Å². The van der Waals surface area contributed by atoms with E-state index in [1.165, 1.54) is 0 Å². The second kappa shape index (κ2) is 8.75. The number of H-pyrrole nitrogens is 1. The molecule has 2 aromatic carbocycles. The summed E-state index contributed by atoms with van der Waals surface area (Å²) >= 11 is 3.51. The van der Waals surface area contributed by atoms with Gasteiger partial charge in [0.05, 0.1) is 23.3 Å². The van der Waals surface area contributed by atoms with Gasteiger partial charge < -0.3 is 15.4 Å². The largest absolute Gasteiger partial charge is 0.478 e. The predicted octanol–water partition coefficient (Wildman–Crippen LogP) is 4.10. The van der Waals surface area contributed by atoms with Crippen LogP contribution in [0.25, 0.3) is 33.1 Å². The number of pyridine rings is 1. The van der Waals surface area contributed by atoms with E-state index in [4.69, 9.17) is 4.98 Å². The summed E-state index contributed by atoms with van der Waals surface area (Å²) in [5, 5.41) is 14.8. The smallest absolute Gasteiger partial charge is 0.336 e. The molecule has 1 fully saturated rings. The quantitative estimate of drug-likeness (QED) is 0.378. The molecule has 0 bridgehead atoms. The van der Waals surface area contributed by atoms with Gasteiger partial charge in [-0.3, -0.25) is 4.90 Å². The van der Waals surface area contributed by atoms with Crippen LogP contribution < -0.4 is 5.32 Å². The van der Waals surface area contributed by atoms with E-state index in [-0.39, 0.29) is 5.56 Å². The molecule has 6 nitrogen and oxygen atoms in total. The standard InChI is InChI=1S/C25H21BrN4O2/c26-17-4-6-22-19(13-17)21(15-28-22)24-14-20(25(31)32)18-12-16(3-5-23(18)29-24)2-1-9-30-10-7-27-8-11-30/h3-6,12-15,27-28H,7-11H2,(H,31,32). The van der Waals surface area contributed by atoms with Gasteiger partial charge in [0, 0.05) is 64.3 Å². The van der Waals surface area contributed by atoms with Crippen LogP contribution in [-0.2, 0) is 0 Å². The van der Waals surface area contributed by atoms with Crippen LogP contribution in [0.15, 0.2) is 53.1 Å². The van der Waals surface area contributed by atoms with Crippen LogP contribution in [0.4, 0.5) is 0 Å². The Labute approximate surface area is 193 Å². The van der Waals surface area contributed by atoms with Crippen LogP contribution in [0.3, 0.4) is 0 Å². The Morgan fingerprint density at radius 1 is 1.12 bits per heavy atom. The Balaban J connectivity index is 1.53. The lowest BCUT2D eigenvalue weighted by Crippen LogP contribution is -2.43. The van der Waals surface area contributed by atoms with Crippen LogP contribution >= 0.6 is 15.9 Å². The highest BCUT2D eigenvalue weighted by atomic mass is 79.9. The van der Waals surface area contributed by atoms with Gasteiger partial charge in [-0.05, 0) is 42.5 Å². The summed E-state index contributed by atoms with van der Waals surface area (Å²) in [7, 11) is 0. The molecule has 2 aromatic heterocycles. The van der Waals surface area contributed by atoms with Crippen molar-refractivity contribution in [3.05, 3.63) is 64.3 Å². The number of carboxylic acids is 1. The number of aromatic amines is 1. The molecule has 1 aliphatic rings. The monoisotopic (exact) mass is 488 g/mol. The fraction of sp³-hybridized carbons (Fsp3) is 0.200. The molecule has 4 aromatic rings. The number of piperazine rings is 1. The molecule has 7 heteroatoms. The summed E-state index contributed by atoms with van der Waals surface area (Å²) in [4.78, 5) is 22.4. The zero-order chi connectivity index (χ0) is 22.1. The van der Waals surface area contributed by atoms with Gasteiger partial charge in [-0.15, -0.1) is 0 Å². The van der Waals surface area contributed by atoms with Gasteiger partial charge >= 0.3 is 5.97 Å². The molecular weight excluding hydrogens is 468 g/mol. The number of halogens is 1. The lowest BCUT2D eigenvalue weighted by Gasteiger charge is -2.24. The highest BCUT2D eigenvalue weighted by molar-refractivity contribution is 9.10. The Morgan fingerprint density at radius 3 is 2.78 bits per heavy atom. The first-order chi connectivity index (χ1) is 15.6. The number of fused-ring (bicyclic) bond motifs is 2. The molecule has 3 heterocycles. The molecule has 1 aliphatic heterocycles. The van der Waals surface area contributed by atoms with Crippen molar-refractivity contribution in [2.24, 2.45) is 0 Å². The molecule has 1 saturated heterocycles. The Kier molecular flexibility index (Phi) is 5.66. The first-order valence-corrected chi connectivity index (χ1v) is 11.2. The normalized spacial score (nSPS) is 14.4. The van der Waals surface area contributed by atoms with Gasteiger partial charge in [-0.25, -0.2) is 9.78 Å². The topological polar surface area (TPSA) is 81.2 Å². The summed E-state index contributed by atoms with van der Waals surface area (Å²) in [6.07, 6.45) is 1.87. The molecule has 3 N–H and O–H groups in total. The van der Waals surface area contributed by atoms with Gasteiger partial charge in [0.15, 0.2) is 0 Å². The zero-order valence-corrected chi connectivity index (χ0v) is 18.9. The summed E-state index contributed by atoms with van der Waals surface area (Å²) in [6, 6.07) is 13.2. The van der Waals surface area contributed by atoms with Gasteiger partial charge in [-0.2, -0.15) is 0 Å². The molecule has 160 valence electrons. The van der Waals surface area contributed by atoms with Crippen LogP contribution in [-0.4, -0.2) is 58.7 Å². The third-order valence-corrected chi connectivity index (χ3v) is 6.20. The second-order valence-electron chi connectivity index (χ2n) is 7.81. The van der Waals surface area contributed by atoms with E-state index in [9.17, 15) is 9.90 Å². The van der Waals surface area contributed by atoms with Gasteiger partial charge in [0.1, 0.15) is 0 Å². The number of carboxylic acid groups (broad SMARTS) is 1. The van der Waals surface area contributed by atoms with Crippen molar-refractivity contribution in [1.29, 1.82) is 0 Å². The first-order valence-electron chi connectivity index (χ1n) is 10.5. The van der Waals surface area contributed by atoms with Crippen molar-refractivity contribution in [1.82, 2.24) is 20.2 Å². The predicted molar refractivity (Wildman–Crippen MR) is 130 cm³/mol. The maximum atomic E-state index is 12.1. The molecule has 0 amide bonds. The lowest BCUT2D eigenvalue weighted by atomic mass is 10.0. The minimum atomic E-state index is -0.981. The van der Waals surface area contributed by atoms with E-state index in [0.717, 1.165) is 52.7 Å². The second-order valence-corrected chi connectivity index (χ2v) is 8.73. The van der Waals surface area contributed by atoms with Gasteiger partial charge in [0.2, 0.25) is 0 Å². The van der Waals surface area contributed by atoms with E-state index >= 15 is 0 Å². The third kappa shape index (κ3) is 4.13. The maximum absolute atomic E-state index is 12.1. The van der Waals surface area contributed by atoms with E-state index in [1.807, 2.05) is 42.6 Å². The zero-order valence-electron chi connectivity index (χ0n) is 17.3. The minimum Gasteiger partial charge on any atom is -0.478 e. The van der Waals surface area contributed by atoms with E-state index in [2.05, 4.69) is 43.0 Å². The average Bonchev–Trinajstić information content (AvgIpc) is 3.22. The number of benzene rings is 2. The molecule has 0 atom stereocenters. The third-order valence-electron chi connectivity index (χ3n) is 5.70. The molecular formula is C25H21BrN4O2. The van der Waals surface area contributed by atoms with Crippen LogP contribution in [0.2, 0.25) is 0 Å². The van der Waals surface area contributed by atoms with Crippen LogP contribution in [0, 0.1) is 11.8 Å². The van der Waals surface area contributed by atoms with Crippen molar-refractivity contribution in [2.75, 3.05) is 32.7 Å². The number of nitrogens with zero attached hydrogens (tertiary/aromatic N) is 2.